The fourth-order valence-electron chi connectivity index (χ4n) is 5.10. The highest BCUT2D eigenvalue weighted by molar-refractivity contribution is 6.08. The van der Waals surface area contributed by atoms with Crippen LogP contribution >= 0.6 is 0 Å². The third kappa shape index (κ3) is 3.06. The Balaban J connectivity index is 1.63. The highest BCUT2D eigenvalue weighted by Crippen LogP contribution is 2.39. The summed E-state index contributed by atoms with van der Waals surface area (Å²) in [6.45, 7) is 10.9. The summed E-state index contributed by atoms with van der Waals surface area (Å²) >= 11 is 0. The number of hydrogen-bond donors (Lipinski definition) is 0. The minimum atomic E-state index is -0.145. The summed E-state index contributed by atoms with van der Waals surface area (Å²) in [6, 6.07) is 25.2. The van der Waals surface area contributed by atoms with E-state index in [1.165, 1.54) is 16.7 Å². The van der Waals surface area contributed by atoms with Crippen molar-refractivity contribution in [2.45, 2.75) is 40.2 Å². The van der Waals surface area contributed by atoms with Crippen LogP contribution in [0, 0.1) is 13.8 Å². The zero-order valence-electron chi connectivity index (χ0n) is 20.2. The maximum Gasteiger partial charge on any atom is 0.227 e. The molecule has 3 aromatic carbocycles. The molecule has 0 aliphatic heterocycles. The fourth-order valence-corrected chi connectivity index (χ4v) is 5.10. The van der Waals surface area contributed by atoms with Gasteiger partial charge >= 0.3 is 0 Å². The quantitative estimate of drug-likeness (QED) is 0.271. The second-order valence-electron chi connectivity index (χ2n) is 10.0. The highest BCUT2D eigenvalue weighted by Gasteiger charge is 2.25. The molecule has 0 bridgehead atoms. The Bertz CT molecular complexity index is 1690. The lowest BCUT2D eigenvalue weighted by molar-refractivity contribution is 0.413. The lowest BCUT2D eigenvalue weighted by Gasteiger charge is -2.24. The van der Waals surface area contributed by atoms with Crippen molar-refractivity contribution in [3.63, 3.8) is 0 Å². The number of furan rings is 1. The van der Waals surface area contributed by atoms with Gasteiger partial charge in [-0.2, -0.15) is 0 Å². The van der Waals surface area contributed by atoms with Gasteiger partial charge < -0.3 is 8.98 Å². The van der Waals surface area contributed by atoms with Crippen LogP contribution in [0.1, 0.15) is 31.9 Å². The number of imidazole rings is 1. The third-order valence-electron chi connectivity index (χ3n) is 6.57. The zero-order valence-corrected chi connectivity index (χ0v) is 20.2. The molecule has 4 heteroatoms. The number of para-hydroxylation sites is 3. The van der Waals surface area contributed by atoms with Crippen molar-refractivity contribution < 1.29 is 4.42 Å². The normalized spacial score (nSPS) is 12.3. The molecule has 0 atom stereocenters. The molecule has 3 aromatic heterocycles. The van der Waals surface area contributed by atoms with E-state index >= 15 is 0 Å². The van der Waals surface area contributed by atoms with E-state index in [9.17, 15) is 0 Å². The molecule has 0 aliphatic carbocycles. The maximum absolute atomic E-state index is 6.48. The summed E-state index contributed by atoms with van der Waals surface area (Å²) in [5, 5.41) is 2.07. The molecule has 168 valence electrons. The molecule has 0 spiro atoms. The van der Waals surface area contributed by atoms with Gasteiger partial charge in [0.15, 0.2) is 0 Å². The SMILES string of the molecule is Cc1cccc(C)c1-c1ccc2c(n1)oc1c(-c3nc4ccccc4n3C(C)(C)C)cccc12. The van der Waals surface area contributed by atoms with E-state index in [2.05, 4.69) is 106 Å². The van der Waals surface area contributed by atoms with Crippen LogP contribution < -0.4 is 0 Å². The van der Waals surface area contributed by atoms with Gasteiger partial charge in [-0.15, -0.1) is 0 Å². The first kappa shape index (κ1) is 20.7. The van der Waals surface area contributed by atoms with Gasteiger partial charge in [0.1, 0.15) is 11.4 Å². The molecule has 6 aromatic rings. The molecule has 34 heavy (non-hydrogen) atoms. The van der Waals surface area contributed by atoms with Gasteiger partial charge in [0.05, 0.1) is 22.3 Å². The monoisotopic (exact) mass is 445 g/mol. The first-order valence-corrected chi connectivity index (χ1v) is 11.7. The predicted octanol–water partition coefficient (Wildman–Crippen LogP) is 8.04. The molecule has 0 saturated heterocycles. The van der Waals surface area contributed by atoms with E-state index in [1.54, 1.807) is 0 Å². The number of hydrogen-bond acceptors (Lipinski definition) is 3. The molecule has 0 radical (unpaired) electrons. The minimum Gasteiger partial charge on any atom is -0.437 e. The second-order valence-corrected chi connectivity index (χ2v) is 10.0. The summed E-state index contributed by atoms with van der Waals surface area (Å²) in [7, 11) is 0. The molecule has 0 unspecified atom stereocenters. The number of aromatic nitrogens is 3. The predicted molar refractivity (Wildman–Crippen MR) is 140 cm³/mol. The second kappa shape index (κ2) is 7.29. The summed E-state index contributed by atoms with van der Waals surface area (Å²) in [6.07, 6.45) is 0. The molecule has 0 fully saturated rings. The third-order valence-corrected chi connectivity index (χ3v) is 6.57. The molecule has 0 amide bonds. The van der Waals surface area contributed by atoms with E-state index in [0.717, 1.165) is 44.5 Å². The van der Waals surface area contributed by atoms with Crippen molar-refractivity contribution in [2.24, 2.45) is 0 Å². The fraction of sp³-hybridized carbons (Fsp3) is 0.200. The largest absolute Gasteiger partial charge is 0.437 e. The van der Waals surface area contributed by atoms with Crippen molar-refractivity contribution in [1.29, 1.82) is 0 Å². The van der Waals surface area contributed by atoms with E-state index < -0.39 is 0 Å². The lowest BCUT2D eigenvalue weighted by Crippen LogP contribution is -2.22. The standard InChI is InChI=1S/C30H27N3O/c1-18-10-8-11-19(2)26(18)24-17-16-21-20-12-9-13-22(27(20)34-29(21)32-24)28-31-23-14-6-7-15-25(23)33(28)30(3,4)5/h6-17H,1-5H3. The molecule has 6 rings (SSSR count). The van der Waals surface area contributed by atoms with Crippen LogP contribution in [-0.2, 0) is 5.54 Å². The first-order chi connectivity index (χ1) is 16.3. The Morgan fingerprint density at radius 1 is 0.735 bits per heavy atom. The van der Waals surface area contributed by atoms with Crippen LogP contribution in [0.5, 0.6) is 0 Å². The van der Waals surface area contributed by atoms with Gasteiger partial charge in [-0.1, -0.05) is 42.5 Å². The number of aryl methyl sites for hydroxylation is 2. The lowest BCUT2D eigenvalue weighted by atomic mass is 9.99. The van der Waals surface area contributed by atoms with Crippen molar-refractivity contribution in [3.05, 3.63) is 83.9 Å². The van der Waals surface area contributed by atoms with Gasteiger partial charge in [-0.05, 0) is 76.1 Å². The minimum absolute atomic E-state index is 0.145. The molecule has 0 N–H and O–H groups in total. The molecule has 0 saturated carbocycles. The van der Waals surface area contributed by atoms with Gasteiger partial charge in [0, 0.05) is 21.9 Å². The molecular formula is C30H27N3O. The zero-order chi connectivity index (χ0) is 23.6. The number of pyridine rings is 1. The molecule has 3 heterocycles. The Labute approximate surface area is 198 Å². The maximum atomic E-state index is 6.48. The van der Waals surface area contributed by atoms with Crippen molar-refractivity contribution in [2.75, 3.05) is 0 Å². The summed E-state index contributed by atoms with van der Waals surface area (Å²) < 4.78 is 8.78. The van der Waals surface area contributed by atoms with Crippen LogP contribution in [0.2, 0.25) is 0 Å². The van der Waals surface area contributed by atoms with Crippen molar-refractivity contribution >= 4 is 33.1 Å². The van der Waals surface area contributed by atoms with E-state index in [4.69, 9.17) is 14.4 Å². The average molecular weight is 446 g/mol. The van der Waals surface area contributed by atoms with Crippen molar-refractivity contribution in [3.8, 4) is 22.6 Å². The first-order valence-electron chi connectivity index (χ1n) is 11.7. The topological polar surface area (TPSA) is 43.9 Å². The van der Waals surface area contributed by atoms with Gasteiger partial charge in [0.2, 0.25) is 5.71 Å². The molecule has 0 aliphatic rings. The smallest absolute Gasteiger partial charge is 0.227 e. The van der Waals surface area contributed by atoms with Crippen LogP contribution in [0.15, 0.2) is 77.2 Å². The highest BCUT2D eigenvalue weighted by atomic mass is 16.3. The summed E-state index contributed by atoms with van der Waals surface area (Å²) in [5.74, 6) is 0.910. The van der Waals surface area contributed by atoms with E-state index in [-0.39, 0.29) is 5.54 Å². The molecule has 4 nitrogen and oxygen atoms in total. The Morgan fingerprint density at radius 3 is 2.24 bits per heavy atom. The van der Waals surface area contributed by atoms with Crippen LogP contribution in [-0.4, -0.2) is 14.5 Å². The summed E-state index contributed by atoms with van der Waals surface area (Å²) in [5.41, 5.74) is 8.94. The Kier molecular flexibility index (Phi) is 4.43. The number of nitrogens with zero attached hydrogens (tertiary/aromatic N) is 3. The number of fused-ring (bicyclic) bond motifs is 4. The average Bonchev–Trinajstić information content (AvgIpc) is 3.37. The van der Waals surface area contributed by atoms with Gasteiger partial charge in [-0.3, -0.25) is 0 Å². The van der Waals surface area contributed by atoms with E-state index in [1.807, 2.05) is 6.07 Å². The van der Waals surface area contributed by atoms with Gasteiger partial charge in [-0.25, -0.2) is 9.97 Å². The van der Waals surface area contributed by atoms with Crippen LogP contribution in [0.3, 0.4) is 0 Å². The Morgan fingerprint density at radius 2 is 1.47 bits per heavy atom. The van der Waals surface area contributed by atoms with Crippen molar-refractivity contribution in [1.82, 2.24) is 14.5 Å². The number of benzene rings is 3. The van der Waals surface area contributed by atoms with Crippen LogP contribution in [0.25, 0.3) is 55.7 Å². The van der Waals surface area contributed by atoms with Gasteiger partial charge in [0.25, 0.3) is 0 Å². The van der Waals surface area contributed by atoms with Crippen LogP contribution in [0.4, 0.5) is 0 Å². The summed E-state index contributed by atoms with van der Waals surface area (Å²) in [4.78, 5) is 10.00. The number of rotatable bonds is 2. The molecular weight excluding hydrogens is 418 g/mol. The van der Waals surface area contributed by atoms with E-state index in [0.29, 0.717) is 5.71 Å². The Hall–Kier alpha value is -3.92.